The van der Waals surface area contributed by atoms with Gasteiger partial charge in [0, 0.05) is 17.5 Å². The van der Waals surface area contributed by atoms with Gasteiger partial charge in [-0.3, -0.25) is 0 Å². The van der Waals surface area contributed by atoms with Gasteiger partial charge in [-0.2, -0.15) is 0 Å². The topological polar surface area (TPSA) is 38.7 Å². The van der Waals surface area contributed by atoms with Crippen molar-refractivity contribution >= 4 is 10.9 Å². The Labute approximate surface area is 129 Å². The highest BCUT2D eigenvalue weighted by atomic mass is 14.9. The quantitative estimate of drug-likeness (QED) is 0.639. The summed E-state index contributed by atoms with van der Waals surface area (Å²) >= 11 is 0. The van der Waals surface area contributed by atoms with E-state index in [1.165, 1.54) is 12.8 Å². The number of nitrogens with zero attached hydrogens (tertiary/aromatic N) is 3. The first-order valence-electron chi connectivity index (χ1n) is 7.51. The highest BCUT2D eigenvalue weighted by Gasteiger charge is 2.18. The Morgan fingerprint density at radius 2 is 1.91 bits per heavy atom. The molecular weight excluding hydrogens is 270 g/mol. The predicted octanol–water partition coefficient (Wildman–Crippen LogP) is 3.76. The van der Waals surface area contributed by atoms with Crippen LogP contribution >= 0.6 is 0 Å². The molecule has 3 heteroatoms. The minimum Gasteiger partial charge on any atom is -0.236 e. The standard InChI is InChI=1S/C19H15N3/c1-13-6-10-18(21-16(13)11-9-14-7-8-14)19-20-12-15-4-2-3-5-17(15)22-19/h2-6,10,12,14H,7-8H2,1H3. The predicted molar refractivity (Wildman–Crippen MR) is 87.1 cm³/mol. The zero-order valence-corrected chi connectivity index (χ0v) is 12.4. The molecule has 0 atom stereocenters. The number of hydrogen-bond donors (Lipinski definition) is 0. The first-order valence-corrected chi connectivity index (χ1v) is 7.51. The van der Waals surface area contributed by atoms with Crippen molar-refractivity contribution in [1.29, 1.82) is 0 Å². The van der Waals surface area contributed by atoms with Gasteiger partial charge in [-0.25, -0.2) is 15.0 Å². The lowest BCUT2D eigenvalue weighted by Gasteiger charge is -2.04. The number of aromatic nitrogens is 3. The maximum atomic E-state index is 4.65. The fourth-order valence-electron chi connectivity index (χ4n) is 2.27. The van der Waals surface area contributed by atoms with Crippen molar-refractivity contribution in [3.05, 3.63) is 53.9 Å². The van der Waals surface area contributed by atoms with Crippen LogP contribution in [0.15, 0.2) is 42.6 Å². The Kier molecular flexibility index (Phi) is 3.08. The van der Waals surface area contributed by atoms with Crippen molar-refractivity contribution in [3.63, 3.8) is 0 Å². The van der Waals surface area contributed by atoms with Crippen LogP contribution in [0.5, 0.6) is 0 Å². The van der Waals surface area contributed by atoms with Crippen LogP contribution in [-0.2, 0) is 0 Å². The molecule has 0 unspecified atom stereocenters. The number of fused-ring (bicyclic) bond motifs is 1. The molecule has 1 aliphatic carbocycles. The van der Waals surface area contributed by atoms with E-state index in [4.69, 9.17) is 0 Å². The van der Waals surface area contributed by atoms with E-state index in [0.717, 1.165) is 27.9 Å². The molecule has 3 aromatic rings. The molecule has 1 fully saturated rings. The maximum absolute atomic E-state index is 4.65. The normalized spacial score (nSPS) is 13.7. The summed E-state index contributed by atoms with van der Waals surface area (Å²) in [7, 11) is 0. The van der Waals surface area contributed by atoms with E-state index in [-0.39, 0.29) is 0 Å². The third-order valence-electron chi connectivity index (χ3n) is 3.79. The fraction of sp³-hybridized carbons (Fsp3) is 0.211. The molecule has 1 aromatic carbocycles. The van der Waals surface area contributed by atoms with Gasteiger partial charge in [0.1, 0.15) is 11.4 Å². The average molecular weight is 285 g/mol. The minimum absolute atomic E-state index is 0.571. The lowest BCUT2D eigenvalue weighted by molar-refractivity contribution is 1.14. The van der Waals surface area contributed by atoms with Gasteiger partial charge >= 0.3 is 0 Å². The van der Waals surface area contributed by atoms with Gasteiger partial charge in [0.05, 0.1) is 5.52 Å². The molecule has 0 N–H and O–H groups in total. The average Bonchev–Trinajstić information content (AvgIpc) is 3.38. The number of pyridine rings is 1. The van der Waals surface area contributed by atoms with Crippen molar-refractivity contribution in [1.82, 2.24) is 15.0 Å². The Morgan fingerprint density at radius 3 is 2.77 bits per heavy atom. The van der Waals surface area contributed by atoms with Crippen LogP contribution in [0.1, 0.15) is 24.1 Å². The van der Waals surface area contributed by atoms with Gasteiger partial charge in [0.25, 0.3) is 0 Å². The van der Waals surface area contributed by atoms with Crippen molar-refractivity contribution in [2.45, 2.75) is 19.8 Å². The zero-order valence-electron chi connectivity index (χ0n) is 12.4. The van der Waals surface area contributed by atoms with E-state index in [9.17, 15) is 0 Å². The summed E-state index contributed by atoms with van der Waals surface area (Å²) < 4.78 is 0. The van der Waals surface area contributed by atoms with E-state index in [1.54, 1.807) is 0 Å². The molecule has 0 amide bonds. The Morgan fingerprint density at radius 1 is 1.05 bits per heavy atom. The highest BCUT2D eigenvalue weighted by molar-refractivity contribution is 5.79. The molecule has 0 saturated heterocycles. The lowest BCUT2D eigenvalue weighted by Crippen LogP contribution is -1.96. The molecule has 106 valence electrons. The summed E-state index contributed by atoms with van der Waals surface area (Å²) in [6.45, 7) is 2.04. The van der Waals surface area contributed by atoms with Gasteiger partial charge in [0.15, 0.2) is 5.82 Å². The molecule has 1 saturated carbocycles. The largest absolute Gasteiger partial charge is 0.236 e. The van der Waals surface area contributed by atoms with Crippen molar-refractivity contribution in [2.24, 2.45) is 5.92 Å². The van der Waals surface area contributed by atoms with Crippen LogP contribution in [0.2, 0.25) is 0 Å². The molecular formula is C19H15N3. The monoisotopic (exact) mass is 285 g/mol. The molecule has 2 aromatic heterocycles. The molecule has 0 spiro atoms. The third kappa shape index (κ3) is 2.56. The van der Waals surface area contributed by atoms with Crippen molar-refractivity contribution < 1.29 is 0 Å². The van der Waals surface area contributed by atoms with E-state index in [0.29, 0.717) is 11.7 Å². The maximum Gasteiger partial charge on any atom is 0.178 e. The number of rotatable bonds is 1. The molecule has 1 aliphatic rings. The number of aryl methyl sites for hydroxylation is 1. The summed E-state index contributed by atoms with van der Waals surface area (Å²) in [6.07, 6.45) is 4.29. The molecule has 0 bridgehead atoms. The molecule has 3 nitrogen and oxygen atoms in total. The Hall–Kier alpha value is -2.73. The van der Waals surface area contributed by atoms with Crippen LogP contribution in [0.4, 0.5) is 0 Å². The second kappa shape index (κ2) is 5.23. The summed E-state index contributed by atoms with van der Waals surface area (Å²) in [5.41, 5.74) is 3.63. The van der Waals surface area contributed by atoms with Crippen LogP contribution in [-0.4, -0.2) is 15.0 Å². The summed E-state index contributed by atoms with van der Waals surface area (Å²) in [5.74, 6) is 7.69. The fourth-order valence-corrected chi connectivity index (χ4v) is 2.27. The minimum atomic E-state index is 0.571. The number of para-hydroxylation sites is 1. The van der Waals surface area contributed by atoms with Crippen LogP contribution in [0.3, 0.4) is 0 Å². The molecule has 4 rings (SSSR count). The molecule has 2 heterocycles. The van der Waals surface area contributed by atoms with E-state index < -0.39 is 0 Å². The van der Waals surface area contributed by atoms with E-state index in [2.05, 4.69) is 26.8 Å². The van der Waals surface area contributed by atoms with Crippen LogP contribution < -0.4 is 0 Å². The van der Waals surface area contributed by atoms with Crippen LogP contribution in [0, 0.1) is 24.7 Å². The van der Waals surface area contributed by atoms with Gasteiger partial charge in [0.2, 0.25) is 0 Å². The second-order valence-electron chi connectivity index (χ2n) is 5.66. The summed E-state index contributed by atoms with van der Waals surface area (Å²) in [6, 6.07) is 12.0. The smallest absolute Gasteiger partial charge is 0.178 e. The Balaban J connectivity index is 1.77. The van der Waals surface area contributed by atoms with Crippen LogP contribution in [0.25, 0.3) is 22.4 Å². The van der Waals surface area contributed by atoms with E-state index >= 15 is 0 Å². The molecule has 0 aliphatic heterocycles. The lowest BCUT2D eigenvalue weighted by atomic mass is 10.2. The summed E-state index contributed by atoms with van der Waals surface area (Å²) in [5, 5.41) is 1.03. The number of benzene rings is 1. The second-order valence-corrected chi connectivity index (χ2v) is 5.66. The first kappa shape index (κ1) is 13.0. The van der Waals surface area contributed by atoms with Gasteiger partial charge < -0.3 is 0 Å². The molecule has 0 radical (unpaired) electrons. The van der Waals surface area contributed by atoms with Gasteiger partial charge in [-0.1, -0.05) is 30.2 Å². The van der Waals surface area contributed by atoms with Gasteiger partial charge in [-0.15, -0.1) is 0 Å². The molecule has 22 heavy (non-hydrogen) atoms. The third-order valence-corrected chi connectivity index (χ3v) is 3.79. The highest BCUT2D eigenvalue weighted by Crippen LogP contribution is 2.27. The Bertz CT molecular complexity index is 915. The summed E-state index contributed by atoms with van der Waals surface area (Å²) in [4.78, 5) is 13.7. The SMILES string of the molecule is Cc1ccc(-c2ncc3ccccc3n2)nc1C#CC1CC1. The zero-order chi connectivity index (χ0) is 14.9. The van der Waals surface area contributed by atoms with Crippen molar-refractivity contribution in [2.75, 3.05) is 0 Å². The van der Waals surface area contributed by atoms with E-state index in [1.807, 2.05) is 49.5 Å². The van der Waals surface area contributed by atoms with Crippen molar-refractivity contribution in [3.8, 4) is 23.4 Å². The number of hydrogen-bond acceptors (Lipinski definition) is 3. The first-order chi connectivity index (χ1) is 10.8. The van der Waals surface area contributed by atoms with Gasteiger partial charge in [-0.05, 0) is 43.4 Å².